The number of hydrogen-bond donors (Lipinski definition) is 0. The molecule has 0 heterocycles. The normalized spacial score (nSPS) is 11.9. The Morgan fingerprint density at radius 3 is 1.11 bits per heavy atom. The number of hydrogen-bond acceptors (Lipinski definition) is 10. The zero-order valence-corrected chi connectivity index (χ0v) is 42.0. The standard InChI is InChI=1S/C53H101NO9/c1-6-9-12-15-18-21-24-27-30-33-36-40-50(55)60-46-49(47-61-51(56)41-37-34-31-28-25-22-19-16-13-10-7-2)62-52(57)43-42-48(63-53(58)59-45-38-44-54(4)5)39-35-32-29-26-23-20-17-14-11-8-3/h48-49H,6-47H2,1-5H3. The lowest BCUT2D eigenvalue weighted by Gasteiger charge is -2.20. The van der Waals surface area contributed by atoms with E-state index in [1.807, 2.05) is 19.0 Å². The molecule has 0 radical (unpaired) electrons. The summed E-state index contributed by atoms with van der Waals surface area (Å²) in [6, 6.07) is 0. The maximum Gasteiger partial charge on any atom is 0.508 e. The summed E-state index contributed by atoms with van der Waals surface area (Å²) < 4.78 is 28.0. The molecule has 10 heteroatoms. The van der Waals surface area contributed by atoms with E-state index in [2.05, 4.69) is 20.8 Å². The molecule has 0 aliphatic carbocycles. The molecule has 0 aromatic rings. The summed E-state index contributed by atoms with van der Waals surface area (Å²) in [5, 5.41) is 0. The number of unbranched alkanes of at least 4 members (excludes halogenated alkanes) is 29. The Morgan fingerprint density at radius 2 is 0.730 bits per heavy atom. The van der Waals surface area contributed by atoms with Crippen LogP contribution in [0.25, 0.3) is 0 Å². The number of carbonyl (C=O) groups excluding carboxylic acids is 4. The first-order valence-electron chi connectivity index (χ1n) is 26.7. The summed E-state index contributed by atoms with van der Waals surface area (Å²) in [7, 11) is 3.94. The van der Waals surface area contributed by atoms with Crippen LogP contribution in [0.2, 0.25) is 0 Å². The molecule has 0 saturated heterocycles. The fourth-order valence-electron chi connectivity index (χ4n) is 7.85. The van der Waals surface area contributed by atoms with E-state index in [9.17, 15) is 19.2 Å². The molecule has 0 fully saturated rings. The molecule has 0 aromatic carbocycles. The average Bonchev–Trinajstić information content (AvgIpc) is 3.26. The minimum Gasteiger partial charge on any atom is -0.462 e. The van der Waals surface area contributed by atoms with Crippen molar-refractivity contribution in [2.24, 2.45) is 0 Å². The first kappa shape index (κ1) is 60.6. The van der Waals surface area contributed by atoms with Crippen LogP contribution >= 0.6 is 0 Å². The summed E-state index contributed by atoms with van der Waals surface area (Å²) in [6.45, 7) is 7.44. The molecule has 10 nitrogen and oxygen atoms in total. The van der Waals surface area contributed by atoms with E-state index >= 15 is 0 Å². The van der Waals surface area contributed by atoms with Crippen LogP contribution in [0.4, 0.5) is 4.79 Å². The van der Waals surface area contributed by atoms with Gasteiger partial charge in [-0.05, 0) is 52.6 Å². The van der Waals surface area contributed by atoms with Crippen LogP contribution in [0.3, 0.4) is 0 Å². The van der Waals surface area contributed by atoms with Crippen molar-refractivity contribution in [1.82, 2.24) is 4.90 Å². The van der Waals surface area contributed by atoms with Crippen molar-refractivity contribution >= 4 is 24.1 Å². The Labute approximate surface area is 388 Å². The number of carbonyl (C=O) groups is 4. The fraction of sp³-hybridized carbons (Fsp3) is 0.925. The highest BCUT2D eigenvalue weighted by Crippen LogP contribution is 2.18. The maximum absolute atomic E-state index is 13.2. The zero-order valence-electron chi connectivity index (χ0n) is 42.0. The smallest absolute Gasteiger partial charge is 0.462 e. The molecule has 0 spiro atoms. The van der Waals surface area contributed by atoms with Crippen molar-refractivity contribution in [2.75, 3.05) is 40.5 Å². The van der Waals surface area contributed by atoms with Gasteiger partial charge in [0, 0.05) is 25.8 Å². The van der Waals surface area contributed by atoms with Gasteiger partial charge in [-0.3, -0.25) is 14.4 Å². The maximum atomic E-state index is 13.2. The van der Waals surface area contributed by atoms with Crippen LogP contribution in [0.15, 0.2) is 0 Å². The van der Waals surface area contributed by atoms with Gasteiger partial charge >= 0.3 is 24.1 Å². The van der Waals surface area contributed by atoms with Gasteiger partial charge in [0.15, 0.2) is 6.10 Å². The molecule has 0 saturated carbocycles. The highest BCUT2D eigenvalue weighted by atomic mass is 16.7. The first-order valence-corrected chi connectivity index (χ1v) is 26.7. The topological polar surface area (TPSA) is 118 Å². The van der Waals surface area contributed by atoms with Crippen LogP contribution in [-0.4, -0.2) is 81.6 Å². The predicted octanol–water partition coefficient (Wildman–Crippen LogP) is 15.0. The van der Waals surface area contributed by atoms with Gasteiger partial charge in [-0.2, -0.15) is 0 Å². The quantitative estimate of drug-likeness (QED) is 0.0332. The molecule has 0 bridgehead atoms. The Morgan fingerprint density at radius 1 is 0.365 bits per heavy atom. The summed E-state index contributed by atoms with van der Waals surface area (Å²) >= 11 is 0. The van der Waals surface area contributed by atoms with Crippen LogP contribution in [0.5, 0.6) is 0 Å². The molecule has 0 rings (SSSR count). The minimum absolute atomic E-state index is 0.00616. The second kappa shape index (κ2) is 47.6. The van der Waals surface area contributed by atoms with Crippen LogP contribution in [0.1, 0.15) is 265 Å². The van der Waals surface area contributed by atoms with Gasteiger partial charge in [-0.1, -0.05) is 207 Å². The second-order valence-electron chi connectivity index (χ2n) is 18.6. The van der Waals surface area contributed by atoms with Crippen molar-refractivity contribution < 1.29 is 42.9 Å². The van der Waals surface area contributed by atoms with E-state index < -0.39 is 24.3 Å². The zero-order chi connectivity index (χ0) is 46.3. The van der Waals surface area contributed by atoms with Crippen molar-refractivity contribution in [3.05, 3.63) is 0 Å². The van der Waals surface area contributed by atoms with Gasteiger partial charge in [0.25, 0.3) is 0 Å². The molecule has 372 valence electrons. The minimum atomic E-state index is -0.914. The van der Waals surface area contributed by atoms with E-state index in [0.29, 0.717) is 25.7 Å². The highest BCUT2D eigenvalue weighted by molar-refractivity contribution is 5.71. The third-order valence-corrected chi connectivity index (χ3v) is 11.9. The van der Waals surface area contributed by atoms with Crippen LogP contribution in [-0.2, 0) is 38.1 Å². The highest BCUT2D eigenvalue weighted by Gasteiger charge is 2.22. The Kier molecular flexibility index (Phi) is 45.8. The molecule has 1 atom stereocenters. The molecular weight excluding hydrogens is 795 g/mol. The summed E-state index contributed by atoms with van der Waals surface area (Å²) in [4.78, 5) is 53.3. The van der Waals surface area contributed by atoms with E-state index in [4.69, 9.17) is 23.7 Å². The van der Waals surface area contributed by atoms with E-state index in [1.165, 1.54) is 148 Å². The van der Waals surface area contributed by atoms with E-state index in [-0.39, 0.29) is 44.6 Å². The lowest BCUT2D eigenvalue weighted by molar-refractivity contribution is -0.167. The van der Waals surface area contributed by atoms with Gasteiger partial charge in [0.1, 0.15) is 19.3 Å². The molecule has 0 amide bonds. The third-order valence-electron chi connectivity index (χ3n) is 11.9. The summed E-state index contributed by atoms with van der Waals surface area (Å²) in [5.41, 5.74) is 0. The number of ether oxygens (including phenoxy) is 5. The van der Waals surface area contributed by atoms with Gasteiger partial charge in [-0.25, -0.2) is 4.79 Å². The largest absolute Gasteiger partial charge is 0.508 e. The van der Waals surface area contributed by atoms with Gasteiger partial charge in [0.2, 0.25) is 0 Å². The molecular formula is C53H101NO9. The predicted molar refractivity (Wildman–Crippen MR) is 259 cm³/mol. The van der Waals surface area contributed by atoms with Crippen molar-refractivity contribution in [3.63, 3.8) is 0 Å². The summed E-state index contributed by atoms with van der Waals surface area (Å²) in [5.74, 6) is -1.19. The monoisotopic (exact) mass is 896 g/mol. The Balaban J connectivity index is 5.04. The Hall–Kier alpha value is -2.36. The first-order chi connectivity index (χ1) is 30.7. The van der Waals surface area contributed by atoms with Crippen molar-refractivity contribution in [3.8, 4) is 0 Å². The lowest BCUT2D eigenvalue weighted by atomic mass is 10.0. The van der Waals surface area contributed by atoms with E-state index in [1.54, 1.807) is 0 Å². The number of rotatable bonds is 48. The molecule has 63 heavy (non-hydrogen) atoms. The van der Waals surface area contributed by atoms with Crippen molar-refractivity contribution in [1.29, 1.82) is 0 Å². The average molecular weight is 896 g/mol. The van der Waals surface area contributed by atoms with Crippen LogP contribution in [0, 0.1) is 0 Å². The third kappa shape index (κ3) is 46.0. The number of nitrogens with zero attached hydrogens (tertiary/aromatic N) is 1. The molecule has 1 unspecified atom stereocenters. The van der Waals surface area contributed by atoms with Gasteiger partial charge in [-0.15, -0.1) is 0 Å². The SMILES string of the molecule is CCCCCCCCCCCCCC(=O)OCC(COC(=O)CCCCCCCCCCCCC)OC(=O)CCC(CCCCCCCCCCCC)OC(=O)OCCCN(C)C. The van der Waals surface area contributed by atoms with Gasteiger partial charge in [0.05, 0.1) is 6.61 Å². The molecule has 0 aromatic heterocycles. The fourth-order valence-corrected chi connectivity index (χ4v) is 7.85. The number of esters is 3. The molecule has 0 aliphatic heterocycles. The lowest BCUT2D eigenvalue weighted by Crippen LogP contribution is -2.31. The van der Waals surface area contributed by atoms with E-state index in [0.717, 1.165) is 64.3 Å². The molecule has 0 N–H and O–H groups in total. The van der Waals surface area contributed by atoms with Crippen LogP contribution < -0.4 is 0 Å². The molecule has 0 aliphatic rings. The Bertz CT molecular complexity index is 996. The van der Waals surface area contributed by atoms with Crippen molar-refractivity contribution in [2.45, 2.75) is 277 Å². The summed E-state index contributed by atoms with van der Waals surface area (Å²) in [6.07, 6.45) is 38.4. The second-order valence-corrected chi connectivity index (χ2v) is 18.6. The van der Waals surface area contributed by atoms with Gasteiger partial charge < -0.3 is 28.6 Å².